The molecule has 0 atom stereocenters. The van der Waals surface area contributed by atoms with Gasteiger partial charge in [0.2, 0.25) is 0 Å². The third kappa shape index (κ3) is 2.54. The van der Waals surface area contributed by atoms with E-state index < -0.39 is 4.92 Å². The molecule has 0 aliphatic heterocycles. The lowest BCUT2D eigenvalue weighted by Crippen LogP contribution is -1.99. The minimum absolute atomic E-state index is 0.0381. The molecule has 0 aromatic carbocycles. The largest absolute Gasteiger partial charge is 0.408 e. The van der Waals surface area contributed by atoms with E-state index in [1.54, 1.807) is 12.2 Å². The molecule has 7 heteroatoms. The van der Waals surface area contributed by atoms with Crippen molar-refractivity contribution in [2.75, 3.05) is 6.54 Å². The van der Waals surface area contributed by atoms with Crippen molar-refractivity contribution in [3.63, 3.8) is 0 Å². The van der Waals surface area contributed by atoms with Gasteiger partial charge >= 0.3 is 5.82 Å². The highest BCUT2D eigenvalue weighted by molar-refractivity contribution is 6.32. The molecule has 0 aliphatic rings. The standard InChI is InChI=1S/C7H9ClN4O2/c8-6-5-11(4-2-1-3-9)10-7(6)12(13)14/h1-2,5H,3-4,9H2. The van der Waals surface area contributed by atoms with E-state index in [4.69, 9.17) is 17.3 Å². The monoisotopic (exact) mass is 216 g/mol. The highest BCUT2D eigenvalue weighted by Gasteiger charge is 2.17. The Kier molecular flexibility index (Phi) is 3.61. The van der Waals surface area contributed by atoms with E-state index in [9.17, 15) is 10.1 Å². The smallest absolute Gasteiger partial charge is 0.358 e. The number of allylic oxidation sites excluding steroid dienone is 1. The summed E-state index contributed by atoms with van der Waals surface area (Å²) in [6.45, 7) is 0.849. The lowest BCUT2D eigenvalue weighted by atomic mass is 10.5. The zero-order valence-electron chi connectivity index (χ0n) is 7.26. The van der Waals surface area contributed by atoms with Crippen molar-refractivity contribution in [1.82, 2.24) is 9.78 Å². The Morgan fingerprint density at radius 2 is 2.43 bits per heavy atom. The maximum atomic E-state index is 10.4. The van der Waals surface area contributed by atoms with Gasteiger partial charge in [-0.15, -0.1) is 0 Å². The van der Waals surface area contributed by atoms with Crippen LogP contribution in [0.2, 0.25) is 5.02 Å². The first kappa shape index (κ1) is 10.7. The van der Waals surface area contributed by atoms with E-state index in [-0.39, 0.29) is 10.8 Å². The summed E-state index contributed by atoms with van der Waals surface area (Å²) in [5, 5.41) is 14.1. The number of nitrogens with two attached hydrogens (primary N) is 1. The van der Waals surface area contributed by atoms with E-state index in [0.29, 0.717) is 13.1 Å². The zero-order chi connectivity index (χ0) is 10.6. The molecule has 0 radical (unpaired) electrons. The molecule has 0 saturated carbocycles. The molecule has 0 unspecified atom stereocenters. The lowest BCUT2D eigenvalue weighted by Gasteiger charge is -1.87. The highest BCUT2D eigenvalue weighted by Crippen LogP contribution is 2.20. The van der Waals surface area contributed by atoms with Crippen LogP contribution >= 0.6 is 11.6 Å². The van der Waals surface area contributed by atoms with Gasteiger partial charge in [-0.1, -0.05) is 23.8 Å². The average molecular weight is 217 g/mol. The maximum Gasteiger partial charge on any atom is 0.408 e. The fraction of sp³-hybridized carbons (Fsp3) is 0.286. The summed E-state index contributed by atoms with van der Waals surface area (Å²) in [6, 6.07) is 0. The molecule has 1 rings (SSSR count). The van der Waals surface area contributed by atoms with Gasteiger partial charge < -0.3 is 15.8 Å². The summed E-state index contributed by atoms with van der Waals surface area (Å²) in [5.74, 6) is -0.326. The average Bonchev–Trinajstić information content (AvgIpc) is 2.47. The minimum Gasteiger partial charge on any atom is -0.358 e. The van der Waals surface area contributed by atoms with E-state index >= 15 is 0 Å². The van der Waals surface area contributed by atoms with Crippen molar-refractivity contribution in [2.24, 2.45) is 5.73 Å². The SMILES string of the molecule is NCC=CCn1cc(Cl)c([N+](=O)[O-])n1. The predicted octanol–water partition coefficient (Wildman–Crippen LogP) is 0.960. The molecule has 0 bridgehead atoms. The van der Waals surface area contributed by atoms with Crippen molar-refractivity contribution in [2.45, 2.75) is 6.54 Å². The number of halogens is 1. The van der Waals surface area contributed by atoms with Gasteiger partial charge in [-0.05, 0) is 4.92 Å². The Balaban J connectivity index is 2.76. The second kappa shape index (κ2) is 4.73. The van der Waals surface area contributed by atoms with E-state index in [0.717, 1.165) is 0 Å². The number of hydrogen-bond acceptors (Lipinski definition) is 4. The first-order chi connectivity index (χ1) is 6.65. The van der Waals surface area contributed by atoms with Crippen LogP contribution in [0.4, 0.5) is 5.82 Å². The number of hydrogen-bond donors (Lipinski definition) is 1. The Morgan fingerprint density at radius 3 is 2.93 bits per heavy atom. The van der Waals surface area contributed by atoms with E-state index in [2.05, 4.69) is 5.10 Å². The van der Waals surface area contributed by atoms with Crippen LogP contribution in [0.15, 0.2) is 18.3 Å². The summed E-state index contributed by atoms with van der Waals surface area (Å²) in [4.78, 5) is 9.75. The van der Waals surface area contributed by atoms with Gasteiger partial charge in [-0.2, -0.15) is 4.68 Å². The predicted molar refractivity (Wildman–Crippen MR) is 52.1 cm³/mol. The second-order valence-electron chi connectivity index (χ2n) is 2.49. The first-order valence-corrected chi connectivity index (χ1v) is 4.25. The van der Waals surface area contributed by atoms with Crippen molar-refractivity contribution in [3.8, 4) is 0 Å². The summed E-state index contributed by atoms with van der Waals surface area (Å²) in [6.07, 6.45) is 4.90. The van der Waals surface area contributed by atoms with Crippen molar-refractivity contribution in [1.29, 1.82) is 0 Å². The van der Waals surface area contributed by atoms with Gasteiger partial charge in [0.1, 0.15) is 0 Å². The molecule has 0 spiro atoms. The lowest BCUT2D eigenvalue weighted by molar-refractivity contribution is -0.389. The molecule has 1 heterocycles. The van der Waals surface area contributed by atoms with Crippen molar-refractivity contribution < 1.29 is 4.92 Å². The molecule has 14 heavy (non-hydrogen) atoms. The molecule has 2 N–H and O–H groups in total. The molecule has 6 nitrogen and oxygen atoms in total. The molecular formula is C7H9ClN4O2. The van der Waals surface area contributed by atoms with Gasteiger partial charge in [0, 0.05) is 6.54 Å². The molecule has 0 saturated heterocycles. The van der Waals surface area contributed by atoms with Crippen LogP contribution in [0.5, 0.6) is 0 Å². The number of nitro groups is 1. The quantitative estimate of drug-likeness (QED) is 0.461. The maximum absolute atomic E-state index is 10.4. The summed E-state index contributed by atoms with van der Waals surface area (Å²) in [7, 11) is 0. The molecule has 1 aromatic rings. The van der Waals surface area contributed by atoms with Crippen LogP contribution in [0.25, 0.3) is 0 Å². The topological polar surface area (TPSA) is 87.0 Å². The number of rotatable bonds is 4. The second-order valence-corrected chi connectivity index (χ2v) is 2.89. The third-order valence-corrected chi connectivity index (χ3v) is 1.73. The summed E-state index contributed by atoms with van der Waals surface area (Å²) in [5.41, 5.74) is 5.23. The van der Waals surface area contributed by atoms with Gasteiger partial charge in [0.25, 0.3) is 0 Å². The fourth-order valence-corrected chi connectivity index (χ4v) is 1.10. The summed E-state index contributed by atoms with van der Waals surface area (Å²) >= 11 is 5.58. The molecule has 0 aliphatic carbocycles. The van der Waals surface area contributed by atoms with Crippen LogP contribution in [0, 0.1) is 10.1 Å². The Labute approximate surface area is 85.1 Å². The number of nitrogens with zero attached hydrogens (tertiary/aromatic N) is 3. The first-order valence-electron chi connectivity index (χ1n) is 3.87. The van der Waals surface area contributed by atoms with E-state index in [1.165, 1.54) is 10.9 Å². The Morgan fingerprint density at radius 1 is 1.71 bits per heavy atom. The molecule has 1 aromatic heterocycles. The van der Waals surface area contributed by atoms with Crippen molar-refractivity contribution >= 4 is 17.4 Å². The van der Waals surface area contributed by atoms with Gasteiger partial charge in [0.05, 0.1) is 17.8 Å². The summed E-state index contributed by atoms with van der Waals surface area (Å²) < 4.78 is 1.38. The number of aromatic nitrogens is 2. The molecule has 0 amide bonds. The van der Waals surface area contributed by atoms with Gasteiger partial charge in [-0.3, -0.25) is 0 Å². The molecule has 76 valence electrons. The van der Waals surface area contributed by atoms with Gasteiger partial charge in [0.15, 0.2) is 5.02 Å². The normalized spacial score (nSPS) is 11.0. The third-order valence-electron chi connectivity index (χ3n) is 1.47. The Bertz CT molecular complexity index is 361. The molecular weight excluding hydrogens is 208 g/mol. The zero-order valence-corrected chi connectivity index (χ0v) is 8.02. The van der Waals surface area contributed by atoms with Crippen LogP contribution in [-0.4, -0.2) is 21.2 Å². The molecule has 0 fully saturated rings. The van der Waals surface area contributed by atoms with Crippen molar-refractivity contribution in [3.05, 3.63) is 33.5 Å². The van der Waals surface area contributed by atoms with Crippen LogP contribution in [-0.2, 0) is 6.54 Å². The van der Waals surface area contributed by atoms with E-state index in [1.807, 2.05) is 0 Å². The highest BCUT2D eigenvalue weighted by atomic mass is 35.5. The fourth-order valence-electron chi connectivity index (χ4n) is 0.883. The van der Waals surface area contributed by atoms with Crippen LogP contribution in [0.3, 0.4) is 0 Å². The van der Waals surface area contributed by atoms with Crippen LogP contribution in [0.1, 0.15) is 0 Å². The van der Waals surface area contributed by atoms with Crippen LogP contribution < -0.4 is 5.73 Å². The minimum atomic E-state index is -0.620. The van der Waals surface area contributed by atoms with Gasteiger partial charge in [-0.25, -0.2) is 0 Å². The Hall–Kier alpha value is -1.40.